The smallest absolute Gasteiger partial charge is 0.224 e. The lowest BCUT2D eigenvalue weighted by Gasteiger charge is -2.21. The van der Waals surface area contributed by atoms with Gasteiger partial charge in [-0.05, 0) is 43.1 Å². The molecule has 0 fully saturated rings. The lowest BCUT2D eigenvalue weighted by atomic mass is 10.1. The van der Waals surface area contributed by atoms with E-state index in [1.165, 1.54) is 11.5 Å². The van der Waals surface area contributed by atoms with Gasteiger partial charge in [0.05, 0.1) is 6.20 Å². The van der Waals surface area contributed by atoms with Gasteiger partial charge in [0.15, 0.2) is 5.82 Å². The second-order valence-corrected chi connectivity index (χ2v) is 7.16. The molecule has 2 rings (SSSR count). The molecule has 0 atom stereocenters. The van der Waals surface area contributed by atoms with Gasteiger partial charge in [-0.2, -0.15) is 4.98 Å². The summed E-state index contributed by atoms with van der Waals surface area (Å²) in [4.78, 5) is 7.95. The molecular weight excluding hydrogens is 288 g/mol. The first kappa shape index (κ1) is 13.8. The lowest BCUT2D eigenvalue weighted by molar-refractivity contribution is 1.01. The van der Waals surface area contributed by atoms with Gasteiger partial charge in [-0.25, -0.2) is 4.98 Å². The van der Waals surface area contributed by atoms with Crippen LogP contribution in [0.2, 0.25) is 10.3 Å². The van der Waals surface area contributed by atoms with Crippen molar-refractivity contribution in [1.82, 2.24) is 9.97 Å². The molecular formula is C12H14Cl2N3P. The Morgan fingerprint density at radius 2 is 1.94 bits per heavy atom. The predicted molar refractivity (Wildman–Crippen MR) is 79.8 cm³/mol. The molecule has 0 saturated heterocycles. The van der Waals surface area contributed by atoms with Crippen molar-refractivity contribution in [2.45, 2.75) is 12.8 Å². The van der Waals surface area contributed by atoms with E-state index >= 15 is 0 Å². The van der Waals surface area contributed by atoms with E-state index in [0.717, 1.165) is 18.5 Å². The highest BCUT2D eigenvalue weighted by Crippen LogP contribution is 2.43. The fourth-order valence-corrected chi connectivity index (χ4v) is 3.16. The Morgan fingerprint density at radius 1 is 1.22 bits per heavy atom. The van der Waals surface area contributed by atoms with Gasteiger partial charge in [0.25, 0.3) is 0 Å². The Kier molecular flexibility index (Phi) is 4.60. The second kappa shape index (κ2) is 6.01. The Bertz CT molecular complexity index is 512. The molecule has 0 aliphatic heterocycles. The van der Waals surface area contributed by atoms with Crippen LogP contribution >= 0.6 is 31.1 Å². The molecule has 1 N–H and O–H groups in total. The summed E-state index contributed by atoms with van der Waals surface area (Å²) in [5, 5.41) is 5.28. The molecule has 0 bridgehead atoms. The van der Waals surface area contributed by atoms with Gasteiger partial charge in [-0.1, -0.05) is 31.7 Å². The Labute approximate surface area is 118 Å². The SMILES string of the molecule is CP(C)C1=CCCC=C1Nc1nc(Cl)ncc1Cl. The molecule has 0 radical (unpaired) electrons. The van der Waals surface area contributed by atoms with Crippen molar-refractivity contribution in [2.75, 3.05) is 18.6 Å². The zero-order chi connectivity index (χ0) is 13.1. The van der Waals surface area contributed by atoms with Crippen LogP contribution in [0.1, 0.15) is 12.8 Å². The van der Waals surface area contributed by atoms with E-state index in [2.05, 4.69) is 40.8 Å². The van der Waals surface area contributed by atoms with E-state index in [9.17, 15) is 0 Å². The van der Waals surface area contributed by atoms with Crippen LogP contribution in [0.15, 0.2) is 29.4 Å². The molecule has 0 amide bonds. The van der Waals surface area contributed by atoms with E-state index in [1.807, 2.05) is 0 Å². The number of nitrogens with zero attached hydrogens (tertiary/aromatic N) is 2. The molecule has 1 aromatic heterocycles. The van der Waals surface area contributed by atoms with Crippen LogP contribution in [0.3, 0.4) is 0 Å². The summed E-state index contributed by atoms with van der Waals surface area (Å²) >= 11 is 11.8. The van der Waals surface area contributed by atoms with Crippen molar-refractivity contribution in [1.29, 1.82) is 0 Å². The van der Waals surface area contributed by atoms with Crippen molar-refractivity contribution in [3.8, 4) is 0 Å². The third kappa shape index (κ3) is 3.23. The van der Waals surface area contributed by atoms with E-state index in [-0.39, 0.29) is 13.2 Å². The van der Waals surface area contributed by atoms with Gasteiger partial charge in [0, 0.05) is 5.70 Å². The number of rotatable bonds is 3. The van der Waals surface area contributed by atoms with Crippen molar-refractivity contribution >= 4 is 36.9 Å². The van der Waals surface area contributed by atoms with Crippen molar-refractivity contribution in [3.63, 3.8) is 0 Å². The first-order valence-electron chi connectivity index (χ1n) is 5.61. The molecule has 1 aromatic rings. The van der Waals surface area contributed by atoms with Crippen LogP contribution in [0.5, 0.6) is 0 Å². The Morgan fingerprint density at radius 3 is 2.67 bits per heavy atom. The number of anilines is 1. The monoisotopic (exact) mass is 301 g/mol. The minimum absolute atomic E-state index is 0.161. The third-order valence-electron chi connectivity index (χ3n) is 2.58. The molecule has 0 unspecified atom stereocenters. The highest BCUT2D eigenvalue weighted by molar-refractivity contribution is 7.60. The third-order valence-corrected chi connectivity index (χ3v) is 4.42. The summed E-state index contributed by atoms with van der Waals surface area (Å²) < 4.78 is 0. The Balaban J connectivity index is 2.25. The zero-order valence-corrected chi connectivity index (χ0v) is 12.7. The number of hydrogen-bond donors (Lipinski definition) is 1. The van der Waals surface area contributed by atoms with Gasteiger partial charge >= 0.3 is 0 Å². The van der Waals surface area contributed by atoms with Crippen LogP contribution in [-0.4, -0.2) is 23.3 Å². The molecule has 0 saturated carbocycles. The summed E-state index contributed by atoms with van der Waals surface area (Å²) in [7, 11) is -0.161. The molecule has 18 heavy (non-hydrogen) atoms. The molecule has 0 spiro atoms. The van der Waals surface area contributed by atoms with Crippen molar-refractivity contribution in [3.05, 3.63) is 39.7 Å². The normalized spacial score (nSPS) is 15.4. The number of hydrogen-bond acceptors (Lipinski definition) is 3. The first-order chi connectivity index (χ1) is 8.58. The largest absolute Gasteiger partial charge is 0.339 e. The predicted octanol–water partition coefficient (Wildman–Crippen LogP) is 4.50. The van der Waals surface area contributed by atoms with E-state index in [1.54, 1.807) is 0 Å². The second-order valence-electron chi connectivity index (χ2n) is 4.14. The minimum atomic E-state index is -0.161. The number of halogens is 2. The lowest BCUT2D eigenvalue weighted by Crippen LogP contribution is -2.07. The van der Waals surface area contributed by atoms with Crippen LogP contribution in [0.4, 0.5) is 5.82 Å². The standard InChI is InChI=1S/C12H14Cl2N3P/c1-18(2)10-6-4-3-5-9(10)16-11-8(13)7-15-12(14)17-11/h5-7H,3-4H2,1-2H3,(H,15,16,17). The quantitative estimate of drug-likeness (QED) is 0.660. The number of aromatic nitrogens is 2. The topological polar surface area (TPSA) is 37.8 Å². The van der Waals surface area contributed by atoms with E-state index in [0.29, 0.717) is 10.8 Å². The van der Waals surface area contributed by atoms with Gasteiger partial charge in [-0.3, -0.25) is 0 Å². The van der Waals surface area contributed by atoms with E-state index in [4.69, 9.17) is 23.2 Å². The Hall–Kier alpha value is -0.630. The molecule has 0 aromatic carbocycles. The maximum atomic E-state index is 6.06. The first-order valence-corrected chi connectivity index (χ1v) is 8.60. The molecule has 1 aliphatic carbocycles. The molecule has 6 heteroatoms. The van der Waals surface area contributed by atoms with Crippen molar-refractivity contribution < 1.29 is 0 Å². The highest BCUT2D eigenvalue weighted by atomic mass is 35.5. The summed E-state index contributed by atoms with van der Waals surface area (Å²) in [5.74, 6) is 0.563. The van der Waals surface area contributed by atoms with Crippen LogP contribution in [-0.2, 0) is 0 Å². The summed E-state index contributed by atoms with van der Waals surface area (Å²) in [6, 6.07) is 0. The van der Waals surface area contributed by atoms with Gasteiger partial charge in [0.2, 0.25) is 5.28 Å². The average Bonchev–Trinajstić information content (AvgIpc) is 2.34. The maximum Gasteiger partial charge on any atom is 0.224 e. The number of allylic oxidation sites excluding steroid dienone is 3. The summed E-state index contributed by atoms with van der Waals surface area (Å²) in [5.41, 5.74) is 1.09. The minimum Gasteiger partial charge on any atom is -0.339 e. The number of nitrogens with one attached hydrogen (secondary N) is 1. The molecule has 1 aliphatic rings. The van der Waals surface area contributed by atoms with Gasteiger partial charge in [0.1, 0.15) is 5.02 Å². The maximum absolute atomic E-state index is 6.06. The highest BCUT2D eigenvalue weighted by Gasteiger charge is 2.14. The molecule has 96 valence electrons. The van der Waals surface area contributed by atoms with Crippen LogP contribution in [0, 0.1) is 0 Å². The fraction of sp³-hybridized carbons (Fsp3) is 0.333. The molecule has 3 nitrogen and oxygen atoms in total. The zero-order valence-electron chi connectivity index (χ0n) is 10.2. The summed E-state index contributed by atoms with van der Waals surface area (Å²) in [6.07, 6.45) is 8.10. The summed E-state index contributed by atoms with van der Waals surface area (Å²) in [6.45, 7) is 4.47. The van der Waals surface area contributed by atoms with Crippen LogP contribution in [0.25, 0.3) is 0 Å². The van der Waals surface area contributed by atoms with Crippen LogP contribution < -0.4 is 5.32 Å². The molecule has 1 heterocycles. The van der Waals surface area contributed by atoms with Gasteiger partial charge in [-0.15, -0.1) is 0 Å². The fourth-order valence-electron chi connectivity index (χ4n) is 1.76. The average molecular weight is 302 g/mol. The van der Waals surface area contributed by atoms with Gasteiger partial charge < -0.3 is 5.32 Å². The van der Waals surface area contributed by atoms with Crippen molar-refractivity contribution in [2.24, 2.45) is 0 Å². The van der Waals surface area contributed by atoms with E-state index < -0.39 is 0 Å².